The van der Waals surface area contributed by atoms with Crippen LogP contribution < -0.4 is 5.32 Å². The lowest BCUT2D eigenvalue weighted by atomic mass is 10.1. The third-order valence-electron chi connectivity index (χ3n) is 5.24. The summed E-state index contributed by atoms with van der Waals surface area (Å²) in [6.07, 6.45) is 5.64. The van der Waals surface area contributed by atoms with Crippen molar-refractivity contribution in [2.45, 2.75) is 51.7 Å². The predicted molar refractivity (Wildman–Crippen MR) is 93.0 cm³/mol. The molecule has 2 heteroatoms. The first kappa shape index (κ1) is 13.8. The molecule has 0 aliphatic heterocycles. The summed E-state index contributed by atoms with van der Waals surface area (Å²) in [5.74, 6) is 0. The van der Waals surface area contributed by atoms with Gasteiger partial charge in [0.25, 0.3) is 0 Å². The zero-order valence-corrected chi connectivity index (χ0v) is 13.4. The SMILES string of the molecule is CCn1c2ccccc2c2cc(C[NH2+]C3CCCC3)ccc21. The van der Waals surface area contributed by atoms with Crippen molar-refractivity contribution in [2.24, 2.45) is 0 Å². The maximum Gasteiger partial charge on any atom is 0.101 e. The fraction of sp³-hybridized carbons (Fsp3) is 0.400. The number of rotatable bonds is 4. The van der Waals surface area contributed by atoms with E-state index in [0.29, 0.717) is 0 Å². The van der Waals surface area contributed by atoms with E-state index in [1.165, 1.54) is 53.1 Å². The van der Waals surface area contributed by atoms with Crippen LogP contribution in [0.5, 0.6) is 0 Å². The standard InChI is InChI=1S/C20H24N2/c1-2-22-19-10-6-5-9-17(19)18-13-15(11-12-20(18)22)14-21-16-7-3-4-8-16/h5-6,9-13,16,21H,2-4,7-8,14H2,1H3/p+1. The lowest BCUT2D eigenvalue weighted by Crippen LogP contribution is -2.87. The van der Waals surface area contributed by atoms with Gasteiger partial charge in [0.2, 0.25) is 0 Å². The number of hydrogen-bond donors (Lipinski definition) is 1. The predicted octanol–water partition coefficient (Wildman–Crippen LogP) is 3.82. The van der Waals surface area contributed by atoms with Gasteiger partial charge in [0.15, 0.2) is 0 Å². The first-order valence-electron chi connectivity index (χ1n) is 8.70. The van der Waals surface area contributed by atoms with Crippen molar-refractivity contribution in [1.29, 1.82) is 0 Å². The van der Waals surface area contributed by atoms with Crippen LogP contribution in [-0.4, -0.2) is 10.6 Å². The number of fused-ring (bicyclic) bond motifs is 3. The highest BCUT2D eigenvalue weighted by molar-refractivity contribution is 6.08. The molecule has 0 amide bonds. The van der Waals surface area contributed by atoms with E-state index >= 15 is 0 Å². The van der Waals surface area contributed by atoms with Gasteiger partial charge in [-0.05, 0) is 50.8 Å². The lowest BCUT2D eigenvalue weighted by Gasteiger charge is -2.09. The average molecular weight is 293 g/mol. The number of para-hydroxylation sites is 1. The molecule has 1 saturated carbocycles. The average Bonchev–Trinajstić information content (AvgIpc) is 3.18. The molecule has 114 valence electrons. The minimum atomic E-state index is 0.854. The molecule has 0 spiro atoms. The summed E-state index contributed by atoms with van der Waals surface area (Å²) in [4.78, 5) is 0. The molecular weight excluding hydrogens is 268 g/mol. The van der Waals surface area contributed by atoms with Gasteiger partial charge < -0.3 is 9.88 Å². The molecule has 2 aromatic carbocycles. The van der Waals surface area contributed by atoms with Crippen LogP contribution in [-0.2, 0) is 13.1 Å². The quantitative estimate of drug-likeness (QED) is 0.755. The number of hydrogen-bond acceptors (Lipinski definition) is 0. The molecule has 1 aliphatic carbocycles. The maximum absolute atomic E-state index is 2.55. The Morgan fingerprint density at radius 1 is 1.00 bits per heavy atom. The fourth-order valence-electron chi connectivity index (χ4n) is 4.06. The van der Waals surface area contributed by atoms with E-state index in [1.807, 2.05) is 0 Å². The molecule has 0 radical (unpaired) electrons. The Kier molecular flexibility index (Phi) is 3.63. The first-order chi connectivity index (χ1) is 10.9. The molecule has 1 fully saturated rings. The minimum Gasteiger partial charge on any atom is -0.341 e. The third kappa shape index (κ3) is 2.32. The highest BCUT2D eigenvalue weighted by atomic mass is 15.0. The van der Waals surface area contributed by atoms with Crippen molar-refractivity contribution in [2.75, 3.05) is 0 Å². The van der Waals surface area contributed by atoms with E-state index in [9.17, 15) is 0 Å². The molecule has 1 aliphatic rings. The van der Waals surface area contributed by atoms with Crippen LogP contribution >= 0.6 is 0 Å². The third-order valence-corrected chi connectivity index (χ3v) is 5.24. The molecule has 0 saturated heterocycles. The zero-order chi connectivity index (χ0) is 14.9. The van der Waals surface area contributed by atoms with E-state index in [4.69, 9.17) is 0 Å². The lowest BCUT2D eigenvalue weighted by molar-refractivity contribution is -0.703. The Balaban J connectivity index is 1.71. The second-order valence-electron chi connectivity index (χ2n) is 6.60. The normalized spacial score (nSPS) is 16.0. The summed E-state index contributed by atoms with van der Waals surface area (Å²) in [5, 5.41) is 5.35. The van der Waals surface area contributed by atoms with Crippen molar-refractivity contribution >= 4 is 21.8 Å². The second-order valence-corrected chi connectivity index (χ2v) is 6.60. The first-order valence-corrected chi connectivity index (χ1v) is 8.70. The van der Waals surface area contributed by atoms with Crippen LogP contribution in [0.4, 0.5) is 0 Å². The van der Waals surface area contributed by atoms with Gasteiger partial charge in [-0.1, -0.05) is 24.3 Å². The molecule has 0 bridgehead atoms. The van der Waals surface area contributed by atoms with Gasteiger partial charge in [0.1, 0.15) is 6.54 Å². The van der Waals surface area contributed by atoms with E-state index in [0.717, 1.165) is 19.1 Å². The Labute approximate surface area is 132 Å². The van der Waals surface area contributed by atoms with E-state index in [1.54, 1.807) is 0 Å². The molecule has 2 N–H and O–H groups in total. The smallest absolute Gasteiger partial charge is 0.101 e. The number of aromatic nitrogens is 1. The van der Waals surface area contributed by atoms with Crippen molar-refractivity contribution in [3.63, 3.8) is 0 Å². The van der Waals surface area contributed by atoms with Crippen molar-refractivity contribution in [3.8, 4) is 0 Å². The molecule has 2 nitrogen and oxygen atoms in total. The van der Waals surface area contributed by atoms with Gasteiger partial charge in [-0.15, -0.1) is 0 Å². The van der Waals surface area contributed by atoms with Gasteiger partial charge in [0.05, 0.1) is 6.04 Å². The molecule has 4 rings (SSSR count). The van der Waals surface area contributed by atoms with Crippen molar-refractivity contribution in [1.82, 2.24) is 4.57 Å². The Hall–Kier alpha value is -1.80. The molecule has 1 heterocycles. The summed E-state index contributed by atoms with van der Waals surface area (Å²) >= 11 is 0. The van der Waals surface area contributed by atoms with Gasteiger partial charge in [-0.25, -0.2) is 0 Å². The zero-order valence-electron chi connectivity index (χ0n) is 13.4. The van der Waals surface area contributed by atoms with Crippen molar-refractivity contribution in [3.05, 3.63) is 48.0 Å². The van der Waals surface area contributed by atoms with Gasteiger partial charge in [-0.3, -0.25) is 0 Å². The van der Waals surface area contributed by atoms with E-state index < -0.39 is 0 Å². The Morgan fingerprint density at radius 3 is 2.59 bits per heavy atom. The minimum absolute atomic E-state index is 0.854. The summed E-state index contributed by atoms with van der Waals surface area (Å²) in [7, 11) is 0. The van der Waals surface area contributed by atoms with Crippen LogP contribution in [0.3, 0.4) is 0 Å². The number of nitrogens with zero attached hydrogens (tertiary/aromatic N) is 1. The summed E-state index contributed by atoms with van der Waals surface area (Å²) in [6.45, 7) is 4.37. The Morgan fingerprint density at radius 2 is 1.77 bits per heavy atom. The van der Waals surface area contributed by atoms with E-state index in [2.05, 4.69) is 59.3 Å². The largest absolute Gasteiger partial charge is 0.341 e. The van der Waals surface area contributed by atoms with Crippen LogP contribution in [0.15, 0.2) is 42.5 Å². The molecule has 0 atom stereocenters. The number of benzene rings is 2. The summed E-state index contributed by atoms with van der Waals surface area (Å²) in [6, 6.07) is 16.7. The number of aryl methyl sites for hydroxylation is 1. The monoisotopic (exact) mass is 293 g/mol. The second kappa shape index (κ2) is 5.77. The van der Waals surface area contributed by atoms with Crippen LogP contribution in [0, 0.1) is 0 Å². The summed E-state index contributed by atoms with van der Waals surface area (Å²) in [5.41, 5.74) is 4.18. The van der Waals surface area contributed by atoms with Crippen LogP contribution in [0.2, 0.25) is 0 Å². The van der Waals surface area contributed by atoms with Gasteiger partial charge in [0, 0.05) is 33.9 Å². The number of quaternary nitrogens is 1. The van der Waals surface area contributed by atoms with Gasteiger partial charge >= 0.3 is 0 Å². The van der Waals surface area contributed by atoms with Crippen LogP contribution in [0.1, 0.15) is 38.2 Å². The fourth-order valence-corrected chi connectivity index (χ4v) is 4.06. The highest BCUT2D eigenvalue weighted by Crippen LogP contribution is 2.29. The molecular formula is C20H25N2+. The topological polar surface area (TPSA) is 21.5 Å². The molecule has 0 unspecified atom stereocenters. The molecule has 1 aromatic heterocycles. The summed E-state index contributed by atoms with van der Waals surface area (Å²) < 4.78 is 2.43. The van der Waals surface area contributed by atoms with Gasteiger partial charge in [-0.2, -0.15) is 0 Å². The van der Waals surface area contributed by atoms with Crippen molar-refractivity contribution < 1.29 is 5.32 Å². The highest BCUT2D eigenvalue weighted by Gasteiger charge is 2.17. The van der Waals surface area contributed by atoms with E-state index in [-0.39, 0.29) is 0 Å². The molecule has 22 heavy (non-hydrogen) atoms. The van der Waals surface area contributed by atoms with Crippen LogP contribution in [0.25, 0.3) is 21.8 Å². The molecule has 3 aromatic rings. The maximum atomic E-state index is 2.55. The Bertz CT molecular complexity index is 794. The number of nitrogens with two attached hydrogens (primary N) is 1.